The number of aromatic nitrogens is 2. The van der Waals surface area contributed by atoms with E-state index in [4.69, 9.17) is 19.4 Å². The van der Waals surface area contributed by atoms with Crippen LogP contribution in [0.1, 0.15) is 88.5 Å². The summed E-state index contributed by atoms with van der Waals surface area (Å²) in [5, 5.41) is 8.44. The first-order valence-electron chi connectivity index (χ1n) is 13.9. The van der Waals surface area contributed by atoms with Gasteiger partial charge in [0.15, 0.2) is 0 Å². The van der Waals surface area contributed by atoms with Crippen molar-refractivity contribution in [2.75, 3.05) is 18.4 Å². The van der Waals surface area contributed by atoms with Crippen LogP contribution in [0.2, 0.25) is 0 Å². The van der Waals surface area contributed by atoms with Gasteiger partial charge in [-0.25, -0.2) is 23.7 Å². The molecule has 9 nitrogen and oxygen atoms in total. The molecule has 0 radical (unpaired) electrons. The maximum Gasteiger partial charge on any atom is 0.340 e. The van der Waals surface area contributed by atoms with E-state index >= 15 is 0 Å². The predicted octanol–water partition coefficient (Wildman–Crippen LogP) is 5.28. The largest absolute Gasteiger partial charge is 0.487 e. The highest BCUT2D eigenvalue weighted by Crippen LogP contribution is 2.39. The van der Waals surface area contributed by atoms with Gasteiger partial charge in [-0.3, -0.25) is 0 Å². The Kier molecular flexibility index (Phi) is 7.62. The summed E-state index contributed by atoms with van der Waals surface area (Å²) in [6.07, 6.45) is 2.69. The molecule has 214 valence electrons. The molecular formula is C30H39N5O4S. The van der Waals surface area contributed by atoms with Crippen LogP contribution < -0.4 is 20.1 Å². The molecule has 3 atom stereocenters. The number of hydrogen-bond acceptors (Lipinski definition) is 8. The predicted molar refractivity (Wildman–Crippen MR) is 159 cm³/mol. The summed E-state index contributed by atoms with van der Waals surface area (Å²) >= 11 is 0. The monoisotopic (exact) mass is 565 g/mol. The normalized spacial score (nSPS) is 20.3. The summed E-state index contributed by atoms with van der Waals surface area (Å²) in [6, 6.07) is 9.42. The fraction of sp³-hybridized carbons (Fsp3) is 0.500. The van der Waals surface area contributed by atoms with Gasteiger partial charge in [0.2, 0.25) is 0 Å². The van der Waals surface area contributed by atoms with Crippen LogP contribution in [0.5, 0.6) is 5.75 Å². The minimum absolute atomic E-state index is 0.0705. The smallest absolute Gasteiger partial charge is 0.340 e. The summed E-state index contributed by atoms with van der Waals surface area (Å²) in [5.41, 5.74) is 1.57. The first-order valence-corrected chi connectivity index (χ1v) is 15.0. The minimum atomic E-state index is -1.24. The number of anilines is 2. The van der Waals surface area contributed by atoms with Gasteiger partial charge < -0.3 is 20.1 Å². The van der Waals surface area contributed by atoms with Crippen LogP contribution in [0.15, 0.2) is 36.5 Å². The second kappa shape index (κ2) is 10.7. The Labute approximate surface area is 238 Å². The van der Waals surface area contributed by atoms with E-state index in [9.17, 15) is 9.00 Å². The molecule has 0 amide bonds. The van der Waals surface area contributed by atoms with Crippen LogP contribution >= 0.6 is 0 Å². The van der Waals surface area contributed by atoms with Gasteiger partial charge in [-0.2, -0.15) is 0 Å². The molecule has 1 saturated heterocycles. The van der Waals surface area contributed by atoms with Crippen molar-refractivity contribution in [3.05, 3.63) is 53.3 Å². The van der Waals surface area contributed by atoms with Gasteiger partial charge in [0.05, 0.1) is 27.0 Å². The zero-order chi connectivity index (χ0) is 28.8. The number of hydrogen-bond donors (Lipinski definition) is 3. The third-order valence-electron chi connectivity index (χ3n) is 7.73. The Morgan fingerprint density at radius 3 is 2.58 bits per heavy atom. The number of carbonyl (C=O) groups excluding carboxylic acids is 1. The van der Waals surface area contributed by atoms with Gasteiger partial charge >= 0.3 is 5.97 Å². The number of ether oxygens (including phenoxy) is 2. The van der Waals surface area contributed by atoms with Crippen LogP contribution in [0.4, 0.5) is 11.6 Å². The van der Waals surface area contributed by atoms with Gasteiger partial charge in [0.1, 0.15) is 29.1 Å². The maximum absolute atomic E-state index is 13.0. The standard InChI is InChI=1S/C30H39N5O4S/c1-8-23(35-40(37)29(3,4)5)19-9-11-24(38-18-14-31-15-18)22-16-32-26(13-21(19)22)33-25-12-10-20-27(34-25)17(2)30(6,7)39-28(20)36/h9-13,16-18,23,31,35H,8,14-15H2,1-7H3,(H,32,33,34)/t17-,23?,40?/m1/s1. The van der Waals surface area contributed by atoms with Crippen molar-refractivity contribution in [2.45, 2.75) is 83.3 Å². The van der Waals surface area contributed by atoms with Crippen molar-refractivity contribution in [3.63, 3.8) is 0 Å². The Morgan fingerprint density at radius 2 is 1.93 bits per heavy atom. The average Bonchev–Trinajstić information content (AvgIpc) is 2.87. The highest BCUT2D eigenvalue weighted by atomic mass is 32.2. The van der Waals surface area contributed by atoms with Crippen LogP contribution in [-0.4, -0.2) is 49.7 Å². The molecule has 2 aliphatic heterocycles. The molecule has 4 heterocycles. The number of carbonyl (C=O) groups is 1. The number of esters is 1. The van der Waals surface area contributed by atoms with Crippen LogP contribution in [0.3, 0.4) is 0 Å². The van der Waals surface area contributed by atoms with E-state index in [1.54, 1.807) is 12.1 Å². The van der Waals surface area contributed by atoms with Gasteiger partial charge in [0, 0.05) is 36.6 Å². The van der Waals surface area contributed by atoms with Crippen molar-refractivity contribution >= 4 is 39.4 Å². The molecule has 1 fully saturated rings. The zero-order valence-electron chi connectivity index (χ0n) is 24.3. The number of nitrogens with zero attached hydrogens (tertiary/aromatic N) is 2. The topological polar surface area (TPSA) is 114 Å². The molecule has 0 aliphatic carbocycles. The quantitative estimate of drug-likeness (QED) is 0.316. The molecule has 2 aliphatic rings. The van der Waals surface area contributed by atoms with E-state index in [0.29, 0.717) is 22.9 Å². The molecule has 40 heavy (non-hydrogen) atoms. The van der Waals surface area contributed by atoms with Crippen LogP contribution in [0, 0.1) is 0 Å². The van der Waals surface area contributed by atoms with Crippen LogP contribution in [0.25, 0.3) is 10.8 Å². The van der Waals surface area contributed by atoms with Crippen molar-refractivity contribution in [2.24, 2.45) is 0 Å². The van der Waals surface area contributed by atoms with Crippen molar-refractivity contribution in [1.29, 1.82) is 0 Å². The van der Waals surface area contributed by atoms with Crippen molar-refractivity contribution in [1.82, 2.24) is 20.0 Å². The molecule has 0 spiro atoms. The van der Waals surface area contributed by atoms with Gasteiger partial charge in [-0.15, -0.1) is 0 Å². The summed E-state index contributed by atoms with van der Waals surface area (Å²) in [6.45, 7) is 15.4. The third kappa shape index (κ3) is 5.57. The number of benzene rings is 1. The third-order valence-corrected chi connectivity index (χ3v) is 9.34. The first kappa shape index (κ1) is 28.4. The van der Waals surface area contributed by atoms with E-state index < -0.39 is 21.3 Å². The molecule has 0 bridgehead atoms. The molecule has 5 rings (SSSR count). The molecule has 10 heteroatoms. The van der Waals surface area contributed by atoms with E-state index in [2.05, 4.69) is 28.3 Å². The van der Waals surface area contributed by atoms with Gasteiger partial charge in [-0.05, 0) is 76.3 Å². The van der Waals surface area contributed by atoms with Gasteiger partial charge in [-0.1, -0.05) is 19.9 Å². The Balaban J connectivity index is 1.53. The molecular weight excluding hydrogens is 526 g/mol. The summed E-state index contributed by atoms with van der Waals surface area (Å²) in [4.78, 5) is 22.0. The fourth-order valence-corrected chi connectivity index (χ4v) is 5.70. The lowest BCUT2D eigenvalue weighted by molar-refractivity contribution is -0.0189. The van der Waals surface area contributed by atoms with E-state index in [-0.39, 0.29) is 24.0 Å². The number of fused-ring (bicyclic) bond motifs is 2. The lowest BCUT2D eigenvalue weighted by atomic mass is 9.84. The number of cyclic esters (lactones) is 1. The molecule has 2 unspecified atom stereocenters. The second-order valence-corrected chi connectivity index (χ2v) is 14.1. The Morgan fingerprint density at radius 1 is 1.18 bits per heavy atom. The Hall–Kier alpha value is -3.08. The van der Waals surface area contributed by atoms with Gasteiger partial charge in [0.25, 0.3) is 0 Å². The SMILES string of the molecule is CCC(NS(=O)C(C)(C)C)c1ccc(OC2CNC2)c2cnc(Nc3ccc4c(n3)[C@@H](C)C(C)(C)OC4=O)cc12. The molecule has 3 aromatic rings. The fourth-order valence-electron chi connectivity index (χ4n) is 4.80. The summed E-state index contributed by atoms with van der Waals surface area (Å²) in [7, 11) is -1.24. The highest BCUT2D eigenvalue weighted by Gasteiger charge is 2.40. The highest BCUT2D eigenvalue weighted by molar-refractivity contribution is 7.84. The molecule has 1 aromatic carbocycles. The Bertz CT molecular complexity index is 1460. The molecule has 2 aromatic heterocycles. The number of rotatable bonds is 8. The molecule has 0 saturated carbocycles. The number of pyridine rings is 2. The first-order chi connectivity index (χ1) is 18.9. The van der Waals surface area contributed by atoms with Crippen LogP contribution in [-0.2, 0) is 15.7 Å². The van der Waals surface area contributed by atoms with E-state index in [1.807, 2.05) is 59.9 Å². The lowest BCUT2D eigenvalue weighted by Gasteiger charge is -2.36. The summed E-state index contributed by atoms with van der Waals surface area (Å²) < 4.78 is 27.9. The maximum atomic E-state index is 13.0. The zero-order valence-corrected chi connectivity index (χ0v) is 25.1. The summed E-state index contributed by atoms with van der Waals surface area (Å²) in [5.74, 6) is 1.55. The van der Waals surface area contributed by atoms with E-state index in [0.717, 1.165) is 41.6 Å². The van der Waals surface area contributed by atoms with E-state index in [1.165, 1.54) is 0 Å². The number of nitrogens with one attached hydrogen (secondary N) is 3. The average molecular weight is 566 g/mol. The second-order valence-electron chi connectivity index (χ2n) is 12.1. The molecule has 3 N–H and O–H groups in total. The van der Waals surface area contributed by atoms with Crippen molar-refractivity contribution < 1.29 is 18.5 Å². The lowest BCUT2D eigenvalue weighted by Crippen LogP contribution is -2.50. The minimum Gasteiger partial charge on any atom is -0.487 e. The van der Waals surface area contributed by atoms with Crippen molar-refractivity contribution in [3.8, 4) is 5.75 Å².